The molecular formula is C14H9BrN2O4. The van der Waals surface area contributed by atoms with Gasteiger partial charge in [-0.1, -0.05) is 15.9 Å². The minimum absolute atomic E-state index is 0.0490. The van der Waals surface area contributed by atoms with E-state index in [1.165, 1.54) is 31.4 Å². The third-order valence-corrected chi connectivity index (χ3v) is 3.14. The zero-order valence-electron chi connectivity index (χ0n) is 10.9. The van der Waals surface area contributed by atoms with Crippen LogP contribution in [0.25, 0.3) is 0 Å². The number of methoxy groups -OCH3 is 1. The highest BCUT2D eigenvalue weighted by molar-refractivity contribution is 9.10. The second-order valence-corrected chi connectivity index (χ2v) is 4.86. The Labute approximate surface area is 128 Å². The van der Waals surface area contributed by atoms with E-state index in [2.05, 4.69) is 15.9 Å². The van der Waals surface area contributed by atoms with E-state index in [1.807, 2.05) is 6.07 Å². The summed E-state index contributed by atoms with van der Waals surface area (Å²) in [5.74, 6) is 0.735. The van der Waals surface area contributed by atoms with E-state index < -0.39 is 4.92 Å². The summed E-state index contributed by atoms with van der Waals surface area (Å²) in [5.41, 5.74) is 0.0594. The predicted octanol–water partition coefficient (Wildman–Crippen LogP) is 4.03. The van der Waals surface area contributed by atoms with Gasteiger partial charge in [0.15, 0.2) is 0 Å². The van der Waals surface area contributed by atoms with Crippen molar-refractivity contribution in [2.45, 2.75) is 0 Å². The summed E-state index contributed by atoms with van der Waals surface area (Å²) >= 11 is 3.17. The standard InChI is InChI=1S/C14H9BrN2O4/c1-20-11-4-2-9(8-16)14(7-11)21-13-5-3-10(15)6-12(13)17(18)19/h2-7H,1H3. The number of nitriles is 1. The maximum Gasteiger partial charge on any atom is 0.312 e. The number of rotatable bonds is 4. The Morgan fingerprint density at radius 3 is 2.62 bits per heavy atom. The second-order valence-electron chi connectivity index (χ2n) is 3.95. The maximum atomic E-state index is 11.1. The van der Waals surface area contributed by atoms with Crippen LogP contribution in [0.1, 0.15) is 5.56 Å². The van der Waals surface area contributed by atoms with Crippen molar-refractivity contribution in [2.24, 2.45) is 0 Å². The molecule has 0 aliphatic heterocycles. The first-order chi connectivity index (χ1) is 10.0. The molecule has 0 atom stereocenters. The predicted molar refractivity (Wildman–Crippen MR) is 78.6 cm³/mol. The van der Waals surface area contributed by atoms with Gasteiger partial charge in [-0.3, -0.25) is 10.1 Å². The van der Waals surface area contributed by atoms with E-state index in [0.29, 0.717) is 10.2 Å². The molecule has 2 aromatic rings. The lowest BCUT2D eigenvalue weighted by atomic mass is 10.2. The van der Waals surface area contributed by atoms with Crippen molar-refractivity contribution in [1.82, 2.24) is 0 Å². The summed E-state index contributed by atoms with van der Waals surface area (Å²) in [6.45, 7) is 0. The number of nitro groups is 1. The van der Waals surface area contributed by atoms with E-state index in [4.69, 9.17) is 14.7 Å². The van der Waals surface area contributed by atoms with Crippen LogP contribution in [0.15, 0.2) is 40.9 Å². The number of nitrogens with zero attached hydrogens (tertiary/aromatic N) is 2. The molecule has 0 spiro atoms. The van der Waals surface area contributed by atoms with Gasteiger partial charge in [-0.25, -0.2) is 0 Å². The number of halogens is 1. The van der Waals surface area contributed by atoms with Crippen LogP contribution in [0, 0.1) is 21.4 Å². The van der Waals surface area contributed by atoms with Gasteiger partial charge in [-0.2, -0.15) is 5.26 Å². The lowest BCUT2D eigenvalue weighted by molar-refractivity contribution is -0.385. The first-order valence-corrected chi connectivity index (χ1v) is 6.54. The van der Waals surface area contributed by atoms with Gasteiger partial charge in [0.05, 0.1) is 17.6 Å². The van der Waals surface area contributed by atoms with Gasteiger partial charge in [0.2, 0.25) is 5.75 Å². The Hall–Kier alpha value is -2.59. The molecule has 0 unspecified atom stereocenters. The number of hydrogen-bond donors (Lipinski definition) is 0. The monoisotopic (exact) mass is 348 g/mol. The molecule has 2 aromatic carbocycles. The summed E-state index contributed by atoms with van der Waals surface area (Å²) in [6, 6.07) is 11.0. The van der Waals surface area contributed by atoms with Crippen LogP contribution < -0.4 is 9.47 Å². The molecular weight excluding hydrogens is 340 g/mol. The molecule has 0 aliphatic rings. The molecule has 6 nitrogen and oxygen atoms in total. The topological polar surface area (TPSA) is 85.4 Å². The van der Waals surface area contributed by atoms with Crippen molar-refractivity contribution in [3.63, 3.8) is 0 Å². The summed E-state index contributed by atoms with van der Waals surface area (Å²) < 4.78 is 11.1. The molecule has 0 bridgehead atoms. The van der Waals surface area contributed by atoms with Crippen LogP contribution in [0.2, 0.25) is 0 Å². The number of benzene rings is 2. The van der Waals surface area contributed by atoms with Crippen LogP contribution >= 0.6 is 15.9 Å². The minimum atomic E-state index is -0.549. The summed E-state index contributed by atoms with van der Waals surface area (Å²) in [7, 11) is 1.48. The highest BCUT2D eigenvalue weighted by Gasteiger charge is 2.18. The van der Waals surface area contributed by atoms with E-state index >= 15 is 0 Å². The molecule has 106 valence electrons. The summed E-state index contributed by atoms with van der Waals surface area (Å²) in [4.78, 5) is 10.5. The zero-order chi connectivity index (χ0) is 15.4. The van der Waals surface area contributed by atoms with Crippen LogP contribution in [-0.4, -0.2) is 12.0 Å². The van der Waals surface area contributed by atoms with Gasteiger partial charge in [-0.15, -0.1) is 0 Å². The maximum absolute atomic E-state index is 11.1. The normalized spacial score (nSPS) is 9.76. The van der Waals surface area contributed by atoms with E-state index in [-0.39, 0.29) is 22.7 Å². The van der Waals surface area contributed by atoms with Crippen molar-refractivity contribution >= 4 is 21.6 Å². The van der Waals surface area contributed by atoms with Crippen LogP contribution in [0.3, 0.4) is 0 Å². The highest BCUT2D eigenvalue weighted by Crippen LogP contribution is 2.36. The molecule has 21 heavy (non-hydrogen) atoms. The lowest BCUT2D eigenvalue weighted by Gasteiger charge is -2.09. The first kappa shape index (κ1) is 14.8. The Balaban J connectivity index is 2.47. The van der Waals surface area contributed by atoms with Crippen LogP contribution in [-0.2, 0) is 0 Å². The average molecular weight is 349 g/mol. The van der Waals surface area contributed by atoms with Gasteiger partial charge < -0.3 is 9.47 Å². The van der Waals surface area contributed by atoms with Gasteiger partial charge in [-0.05, 0) is 24.3 Å². The lowest BCUT2D eigenvalue weighted by Crippen LogP contribution is -1.95. The fourth-order valence-corrected chi connectivity index (χ4v) is 1.99. The molecule has 0 amide bonds. The third kappa shape index (κ3) is 3.30. The van der Waals surface area contributed by atoms with Crippen molar-refractivity contribution in [1.29, 1.82) is 5.26 Å². The fourth-order valence-electron chi connectivity index (χ4n) is 1.64. The van der Waals surface area contributed by atoms with Crippen molar-refractivity contribution in [2.75, 3.05) is 7.11 Å². The Morgan fingerprint density at radius 1 is 1.24 bits per heavy atom. The SMILES string of the molecule is COc1ccc(C#N)c(Oc2ccc(Br)cc2[N+](=O)[O-])c1. The number of nitro benzene ring substituents is 1. The van der Waals surface area contributed by atoms with Gasteiger partial charge >= 0.3 is 5.69 Å². The number of hydrogen-bond acceptors (Lipinski definition) is 5. The molecule has 0 heterocycles. The van der Waals surface area contributed by atoms with Gasteiger partial charge in [0.25, 0.3) is 0 Å². The minimum Gasteiger partial charge on any atom is -0.497 e. The Bertz CT molecular complexity index is 740. The molecule has 7 heteroatoms. The second kappa shape index (κ2) is 6.24. The molecule has 0 saturated heterocycles. The molecule has 0 fully saturated rings. The Morgan fingerprint density at radius 2 is 2.00 bits per heavy atom. The van der Waals surface area contributed by atoms with Crippen LogP contribution in [0.5, 0.6) is 17.2 Å². The highest BCUT2D eigenvalue weighted by atomic mass is 79.9. The molecule has 0 aliphatic carbocycles. The summed E-state index contributed by atoms with van der Waals surface area (Å²) in [6.07, 6.45) is 0. The van der Waals surface area contributed by atoms with E-state index in [0.717, 1.165) is 0 Å². The van der Waals surface area contributed by atoms with Gasteiger partial charge in [0, 0.05) is 16.6 Å². The zero-order valence-corrected chi connectivity index (χ0v) is 12.5. The van der Waals surface area contributed by atoms with Crippen molar-refractivity contribution < 1.29 is 14.4 Å². The smallest absolute Gasteiger partial charge is 0.312 e. The molecule has 0 N–H and O–H groups in total. The molecule has 2 rings (SSSR count). The number of ether oxygens (including phenoxy) is 2. The third-order valence-electron chi connectivity index (χ3n) is 2.65. The van der Waals surface area contributed by atoms with E-state index in [9.17, 15) is 10.1 Å². The first-order valence-electron chi connectivity index (χ1n) is 5.75. The molecule has 0 aromatic heterocycles. The quantitative estimate of drug-likeness (QED) is 0.614. The van der Waals surface area contributed by atoms with E-state index in [1.54, 1.807) is 12.1 Å². The largest absolute Gasteiger partial charge is 0.497 e. The molecule has 0 radical (unpaired) electrons. The Kier molecular flexibility index (Phi) is 4.40. The van der Waals surface area contributed by atoms with Gasteiger partial charge in [0.1, 0.15) is 17.6 Å². The van der Waals surface area contributed by atoms with Crippen molar-refractivity contribution in [3.05, 3.63) is 56.5 Å². The molecule has 0 saturated carbocycles. The summed E-state index contributed by atoms with van der Waals surface area (Å²) in [5, 5.41) is 20.1. The average Bonchev–Trinajstić information content (AvgIpc) is 2.48. The van der Waals surface area contributed by atoms with Crippen LogP contribution in [0.4, 0.5) is 5.69 Å². The van der Waals surface area contributed by atoms with Crippen molar-refractivity contribution in [3.8, 4) is 23.3 Å². The fraction of sp³-hybridized carbons (Fsp3) is 0.0714.